The Balaban J connectivity index is 0.000000272. The summed E-state index contributed by atoms with van der Waals surface area (Å²) in [7, 11) is -6.96. The Hall–Kier alpha value is -13.1. The van der Waals surface area contributed by atoms with Gasteiger partial charge in [-0.1, -0.05) is 76.2 Å². The van der Waals surface area contributed by atoms with Crippen molar-refractivity contribution in [3.63, 3.8) is 0 Å². The van der Waals surface area contributed by atoms with Crippen LogP contribution in [0.5, 0.6) is 0 Å². The molecule has 131 heavy (non-hydrogen) atoms. The molecule has 10 aromatic rings. The maximum atomic E-state index is 13.7. The van der Waals surface area contributed by atoms with Crippen LogP contribution in [0.1, 0.15) is 108 Å². The number of carbonyl (C=O) groups excluding carboxylic acids is 6. The molecule has 12 N–H and O–H groups in total. The molecule has 0 unspecified atom stereocenters. The number of aromatic nitrogens is 4. The molecule has 2 aliphatic rings. The van der Waals surface area contributed by atoms with Crippen molar-refractivity contribution in [3.05, 3.63) is 251 Å². The molecular formula is C87H90F10N9O23S2+. The Morgan fingerprint density at radius 2 is 0.878 bits per heavy atom. The number of carboxylic acid groups (broad SMARTS) is 4. The molecule has 0 bridgehead atoms. The number of sulfone groups is 2. The lowest BCUT2D eigenvalue weighted by atomic mass is 9.75. The van der Waals surface area contributed by atoms with Crippen molar-refractivity contribution in [1.29, 1.82) is 0 Å². The summed E-state index contributed by atoms with van der Waals surface area (Å²) in [5.74, 6) is -13.3. The first kappa shape index (κ1) is 103. The fourth-order valence-electron chi connectivity index (χ4n) is 13.6. The van der Waals surface area contributed by atoms with Crippen molar-refractivity contribution in [2.24, 2.45) is 23.5 Å². The normalized spacial score (nSPS) is 18.4. The Labute approximate surface area is 740 Å². The minimum atomic E-state index is -5.08. The molecule has 0 radical (unpaired) electrons. The first-order chi connectivity index (χ1) is 61.4. The first-order valence-electron chi connectivity index (χ1n) is 39.6. The summed E-state index contributed by atoms with van der Waals surface area (Å²) in [5, 5.41) is 75.0. The van der Waals surface area contributed by atoms with Gasteiger partial charge >= 0.3 is 36.2 Å². The summed E-state index contributed by atoms with van der Waals surface area (Å²) < 4.78 is 194. The van der Waals surface area contributed by atoms with Crippen molar-refractivity contribution in [2.75, 3.05) is 24.3 Å². The molecule has 32 nitrogen and oxygen atoms in total. The van der Waals surface area contributed by atoms with Gasteiger partial charge in [0.1, 0.15) is 91.9 Å². The lowest BCUT2D eigenvalue weighted by Gasteiger charge is -2.42. The van der Waals surface area contributed by atoms with Crippen LogP contribution in [0.2, 0.25) is 0 Å². The van der Waals surface area contributed by atoms with Crippen LogP contribution in [0.25, 0.3) is 11.3 Å². The molecule has 702 valence electrons. The number of halogens is 10. The van der Waals surface area contributed by atoms with E-state index in [1.807, 2.05) is 64.0 Å². The van der Waals surface area contributed by atoms with E-state index in [4.69, 9.17) is 49.6 Å². The number of esters is 1. The summed E-state index contributed by atoms with van der Waals surface area (Å²) in [6.45, 7) is 10.3. The molecule has 0 aliphatic carbocycles. The third-order valence-corrected chi connectivity index (χ3v) is 24.2. The number of carbonyl (C=O) groups is 9. The van der Waals surface area contributed by atoms with E-state index in [1.165, 1.54) is 55.6 Å². The molecule has 2 saturated heterocycles. The van der Waals surface area contributed by atoms with Crippen molar-refractivity contribution in [2.45, 2.75) is 168 Å². The summed E-state index contributed by atoms with van der Waals surface area (Å²) in [6, 6.07) is 33.5. The van der Waals surface area contributed by atoms with E-state index in [-0.39, 0.29) is 89.8 Å². The molecule has 44 heteroatoms. The number of alkyl halides is 6. The third-order valence-electron chi connectivity index (χ3n) is 20.7. The molecule has 10 atom stereocenters. The Morgan fingerprint density at radius 1 is 0.504 bits per heavy atom. The van der Waals surface area contributed by atoms with Gasteiger partial charge in [0.05, 0.1) is 50.0 Å². The minimum Gasteiger partial charge on any atom is -0.550 e. The number of benzene rings is 6. The van der Waals surface area contributed by atoms with Gasteiger partial charge in [-0.25, -0.2) is 71.5 Å². The number of fused-ring (bicyclic) bond motifs is 2. The zero-order chi connectivity index (χ0) is 97.1. The van der Waals surface area contributed by atoms with E-state index in [0.717, 1.165) is 53.5 Å². The second kappa shape index (κ2) is 44.9. The van der Waals surface area contributed by atoms with Crippen LogP contribution in [-0.4, -0.2) is 178 Å². The number of pyridine rings is 2. The van der Waals surface area contributed by atoms with Gasteiger partial charge in [-0.15, -0.1) is 0 Å². The number of hydrogen-bond acceptors (Lipinski definition) is 21. The highest BCUT2D eigenvalue weighted by atomic mass is 32.2. The topological polar surface area (TPSA) is 485 Å². The predicted octanol–water partition coefficient (Wildman–Crippen LogP) is 7.55. The number of rotatable bonds is 26. The fraction of sp³-hybridized carbons (Fsp3) is 0.322. The van der Waals surface area contributed by atoms with Gasteiger partial charge in [0, 0.05) is 86.9 Å². The Kier molecular flexibility index (Phi) is 35.4. The van der Waals surface area contributed by atoms with Crippen molar-refractivity contribution >= 4 is 95.8 Å². The van der Waals surface area contributed by atoms with Crippen molar-refractivity contribution in [1.82, 2.24) is 19.4 Å². The number of aliphatic carboxylic acids is 4. The summed E-state index contributed by atoms with van der Waals surface area (Å²) in [4.78, 5) is 101. The quantitative estimate of drug-likeness (QED) is 0.0141. The lowest BCUT2D eigenvalue weighted by molar-refractivity contribution is -0.662. The molecule has 0 saturated carbocycles. The lowest BCUT2D eigenvalue weighted by Crippen LogP contribution is -2.60. The van der Waals surface area contributed by atoms with Gasteiger partial charge in [-0.3, -0.25) is 19.2 Å². The SMILES string of the molecule is CC(=O)[O-].CCCC(=O)Nc1cc(C[n+]2ccn3cc(C(=O)NCc4ccc(S(=O)(=O)c5cc(F)cc(F)c5)cc4)ccc32)ccc1C[C@@H]1O[C@H](C(=O)OC)[C@@H](C)[C@H](C)[C@H]1C.NCCC(=O)Nc1cc(C[n+]2ccn3cc(C(=O)NCc4ccc(S(=O)(=O)c5cc(F)cc(F)c5)cc4)ccc32)ccc1C[C@@H]1O[C@H](C(=O)O)[C@@H](O)[C@H](O)[C@H]1O.O=C(O)C(F)(F)F.O=C(O)C(F)(F)F. The molecule has 0 spiro atoms. The molecule has 6 aromatic carbocycles. The molecular weight excluding hydrogens is 1790 g/mol. The summed E-state index contributed by atoms with van der Waals surface area (Å²) >= 11 is 0. The smallest absolute Gasteiger partial charge is 0.490 e. The number of imidazole rings is 2. The van der Waals surface area contributed by atoms with Crippen LogP contribution in [-0.2, 0) is 106 Å². The third kappa shape index (κ3) is 28.0. The number of nitrogens with one attached hydrogen (secondary N) is 4. The predicted molar refractivity (Wildman–Crippen MR) is 439 cm³/mol. The van der Waals surface area contributed by atoms with E-state index >= 15 is 0 Å². The van der Waals surface area contributed by atoms with E-state index in [9.17, 15) is 110 Å². The van der Waals surface area contributed by atoms with Gasteiger partial charge in [-0.2, -0.15) is 26.3 Å². The van der Waals surface area contributed by atoms with E-state index in [1.54, 1.807) is 65.6 Å². The van der Waals surface area contributed by atoms with E-state index in [2.05, 4.69) is 35.1 Å². The monoisotopic (exact) mass is 1880 g/mol. The van der Waals surface area contributed by atoms with Gasteiger partial charge < -0.3 is 81.8 Å². The second-order valence-electron chi connectivity index (χ2n) is 30.1. The Bertz CT molecular complexity index is 6000. The number of aliphatic hydroxyl groups is 3. The van der Waals surface area contributed by atoms with Crippen LogP contribution in [0.4, 0.5) is 55.3 Å². The summed E-state index contributed by atoms with van der Waals surface area (Å²) in [6.07, 6.45) is -7.16. The van der Waals surface area contributed by atoms with Crippen LogP contribution >= 0.6 is 0 Å². The number of aliphatic hydroxyl groups excluding tert-OH is 3. The molecule has 2 aliphatic heterocycles. The zero-order valence-electron chi connectivity index (χ0n) is 70.3. The van der Waals surface area contributed by atoms with Crippen LogP contribution in [0, 0.1) is 41.0 Å². The number of amides is 4. The number of ether oxygens (including phenoxy) is 3. The maximum Gasteiger partial charge on any atom is 0.490 e. The maximum absolute atomic E-state index is 13.7. The van der Waals surface area contributed by atoms with E-state index in [0.29, 0.717) is 89.3 Å². The summed E-state index contributed by atoms with van der Waals surface area (Å²) in [5.41, 5.74) is 13.1. The number of hydrogen-bond donors (Lipinski definition) is 11. The first-order valence-corrected chi connectivity index (χ1v) is 42.5. The number of methoxy groups -OCH3 is 1. The van der Waals surface area contributed by atoms with Crippen molar-refractivity contribution in [3.8, 4) is 0 Å². The molecule has 6 heterocycles. The average molecular weight is 1880 g/mol. The Morgan fingerprint density at radius 3 is 1.24 bits per heavy atom. The molecule has 2 fully saturated rings. The minimum absolute atomic E-state index is 0.000530. The van der Waals surface area contributed by atoms with Gasteiger partial charge in [0.25, 0.3) is 23.1 Å². The van der Waals surface area contributed by atoms with Crippen LogP contribution < -0.4 is 41.2 Å². The zero-order valence-corrected chi connectivity index (χ0v) is 71.9. The second-order valence-corrected chi connectivity index (χ2v) is 34.0. The molecule has 4 aromatic heterocycles. The molecule has 12 rings (SSSR count). The highest BCUT2D eigenvalue weighted by molar-refractivity contribution is 7.91. The van der Waals surface area contributed by atoms with Gasteiger partial charge in [-0.05, 0) is 137 Å². The highest BCUT2D eigenvalue weighted by Gasteiger charge is 2.48. The molecule has 4 amide bonds. The van der Waals surface area contributed by atoms with E-state index < -0.39 is 131 Å². The van der Waals surface area contributed by atoms with Crippen LogP contribution in [0.3, 0.4) is 0 Å². The highest BCUT2D eigenvalue weighted by Crippen LogP contribution is 2.39. The standard InChI is InChI=1S/C43H46F2N4O7S.C38H37F2N5O10S.2C2HF3O2.C2H4O2/c1-6-7-39(50)47-37-18-30(8-11-31(37)19-38-27(3)26(2)28(4)41(56-38)43(52)55-5)24-48-16-17-49-25-32(12-15-40(48)49)42(51)46-23-29-9-13-35(14-10-29)57(53,54)36-21-33(44)20-34(45)22-36;39-25-15-26(40)17-28(16-25)56(53,54)27-6-2-21(3-7-27)18-42-37(50)24-5-8-32-44(11-12-45(32)20-24)19-22-1-4-23(29(13-22)43-31(46)9-10-41)14-30-33(47)34(48)35(49)36(55-30)38(51)52;2*3-2(4,5)1(6)7;1-2(3)4/h8-18,20-22,25-28,38,41H,6-7,19,23-24H2,1-5H3,(H-,46,47,50,51);1-8,11-13,15-17,20,30,33-36,47-49H,9-10,14,18-19,41H2,(H2-,42,43,46,50,51,52);2*(H,6,7);1H3,(H,3,4)/p+1/t26-,27-,28+,38+,41+;30-,33-,34+,35-,36-;;;/m10.../s1. The van der Waals surface area contributed by atoms with Gasteiger partial charge in [0.15, 0.2) is 12.2 Å². The van der Waals surface area contributed by atoms with Crippen LogP contribution in [0.15, 0.2) is 202 Å². The average Bonchev–Trinajstić information content (AvgIpc) is 0.987. The number of nitrogens with two attached hydrogens (primary N) is 1. The largest absolute Gasteiger partial charge is 0.550 e. The number of nitrogens with zero attached hydrogens (tertiary/aromatic N) is 4. The van der Waals surface area contributed by atoms with Crippen molar-refractivity contribution < 1.29 is 163 Å². The number of carboxylic acids is 4. The van der Waals surface area contributed by atoms with Gasteiger partial charge in [0.2, 0.25) is 31.5 Å². The number of anilines is 2. The fourth-order valence-corrected chi connectivity index (χ4v) is 16.2.